The molecule has 0 heterocycles. The highest BCUT2D eigenvalue weighted by molar-refractivity contribution is 5.79. The van der Waals surface area contributed by atoms with Crippen molar-refractivity contribution in [3.63, 3.8) is 0 Å². The Labute approximate surface area is 153 Å². The van der Waals surface area contributed by atoms with Gasteiger partial charge in [-0.05, 0) is 50.3 Å². The molecule has 1 aliphatic carbocycles. The Bertz CT molecular complexity index is 626. The first-order valence-corrected chi connectivity index (χ1v) is 8.74. The number of ether oxygens (including phenoxy) is 3. The van der Waals surface area contributed by atoms with Gasteiger partial charge in [-0.25, -0.2) is 0 Å². The van der Waals surface area contributed by atoms with Gasteiger partial charge in [-0.1, -0.05) is 0 Å². The third-order valence-electron chi connectivity index (χ3n) is 4.99. The van der Waals surface area contributed by atoms with Gasteiger partial charge in [0.1, 0.15) is 0 Å². The maximum atomic E-state index is 12.5. The number of nitrogens with one attached hydrogen (secondary N) is 1. The molecule has 144 valence electrons. The minimum absolute atomic E-state index is 0.0462. The van der Waals surface area contributed by atoms with Gasteiger partial charge >= 0.3 is 5.97 Å². The van der Waals surface area contributed by atoms with E-state index in [2.05, 4.69) is 5.32 Å². The van der Waals surface area contributed by atoms with E-state index >= 15 is 0 Å². The Hall–Kier alpha value is -2.44. The summed E-state index contributed by atoms with van der Waals surface area (Å²) in [5.41, 5.74) is 0.840. The van der Waals surface area contributed by atoms with Crippen LogP contribution < -0.4 is 19.5 Å². The van der Waals surface area contributed by atoms with Crippen LogP contribution in [0.3, 0.4) is 0 Å². The molecule has 1 aliphatic rings. The number of rotatable bonds is 7. The number of benzene rings is 1. The highest BCUT2D eigenvalue weighted by atomic mass is 16.5. The molecular weight excluding hydrogens is 338 g/mol. The molecule has 2 rings (SSSR count). The Morgan fingerprint density at radius 1 is 1.00 bits per heavy atom. The second-order valence-corrected chi connectivity index (χ2v) is 6.58. The summed E-state index contributed by atoms with van der Waals surface area (Å²) in [5.74, 6) is 0.283. The molecule has 1 aromatic carbocycles. The minimum atomic E-state index is -0.769. The average Bonchev–Trinajstić information content (AvgIpc) is 2.66. The SMILES string of the molecule is COc1cc(C(C)NC(=O)C2CCC(C(=O)O)CC2)cc(OC)c1OC. The quantitative estimate of drug-likeness (QED) is 0.772. The number of methoxy groups -OCH3 is 3. The van der Waals surface area contributed by atoms with Crippen LogP contribution in [0.15, 0.2) is 12.1 Å². The molecule has 1 saturated carbocycles. The molecule has 0 radical (unpaired) electrons. The molecule has 2 N–H and O–H groups in total. The third-order valence-corrected chi connectivity index (χ3v) is 4.99. The summed E-state index contributed by atoms with van der Waals surface area (Å²) in [6.07, 6.45) is 2.30. The van der Waals surface area contributed by atoms with E-state index in [4.69, 9.17) is 19.3 Å². The van der Waals surface area contributed by atoms with Crippen molar-refractivity contribution >= 4 is 11.9 Å². The van der Waals surface area contributed by atoms with Crippen molar-refractivity contribution in [2.75, 3.05) is 21.3 Å². The van der Waals surface area contributed by atoms with Crippen LogP contribution in [-0.2, 0) is 9.59 Å². The number of aliphatic carboxylic acids is 1. The predicted octanol–water partition coefficient (Wildman–Crippen LogP) is 2.78. The molecular formula is C19H27NO6. The summed E-state index contributed by atoms with van der Waals surface area (Å²) in [4.78, 5) is 23.6. The molecule has 1 amide bonds. The second kappa shape index (κ2) is 8.78. The number of amides is 1. The van der Waals surface area contributed by atoms with Crippen molar-refractivity contribution < 1.29 is 28.9 Å². The van der Waals surface area contributed by atoms with Gasteiger partial charge < -0.3 is 24.6 Å². The first-order valence-electron chi connectivity index (χ1n) is 8.74. The summed E-state index contributed by atoms with van der Waals surface area (Å²) in [6, 6.07) is 3.38. The van der Waals surface area contributed by atoms with Crippen LogP contribution in [0, 0.1) is 11.8 Å². The first-order chi connectivity index (χ1) is 12.4. The fourth-order valence-corrected chi connectivity index (χ4v) is 3.37. The molecule has 26 heavy (non-hydrogen) atoms. The van der Waals surface area contributed by atoms with Crippen LogP contribution in [-0.4, -0.2) is 38.3 Å². The first kappa shape index (κ1) is 19.9. The lowest BCUT2D eigenvalue weighted by Crippen LogP contribution is -2.35. The minimum Gasteiger partial charge on any atom is -0.493 e. The monoisotopic (exact) mass is 365 g/mol. The molecule has 0 bridgehead atoms. The third kappa shape index (κ3) is 4.39. The second-order valence-electron chi connectivity index (χ2n) is 6.58. The fourth-order valence-electron chi connectivity index (χ4n) is 3.37. The Morgan fingerprint density at radius 2 is 1.50 bits per heavy atom. The molecule has 1 atom stereocenters. The van der Waals surface area contributed by atoms with Crippen molar-refractivity contribution in [3.8, 4) is 17.2 Å². The molecule has 0 spiro atoms. The van der Waals surface area contributed by atoms with Crippen molar-refractivity contribution in [2.45, 2.75) is 38.6 Å². The van der Waals surface area contributed by atoms with Gasteiger partial charge in [-0.2, -0.15) is 0 Å². The molecule has 7 nitrogen and oxygen atoms in total. The predicted molar refractivity (Wildman–Crippen MR) is 95.7 cm³/mol. The Balaban J connectivity index is 2.06. The number of carbonyl (C=O) groups excluding carboxylic acids is 1. The zero-order chi connectivity index (χ0) is 19.3. The van der Waals surface area contributed by atoms with Crippen molar-refractivity contribution in [1.82, 2.24) is 5.32 Å². The number of hydrogen-bond donors (Lipinski definition) is 2. The summed E-state index contributed by atoms with van der Waals surface area (Å²) < 4.78 is 16.0. The van der Waals surface area contributed by atoms with Crippen LogP contribution >= 0.6 is 0 Å². The van der Waals surface area contributed by atoms with E-state index in [1.807, 2.05) is 19.1 Å². The van der Waals surface area contributed by atoms with Crippen LogP contribution in [0.2, 0.25) is 0 Å². The summed E-state index contributed by atoms with van der Waals surface area (Å²) in [5, 5.41) is 12.1. The van der Waals surface area contributed by atoms with Gasteiger partial charge in [0, 0.05) is 5.92 Å². The van der Waals surface area contributed by atoms with Gasteiger partial charge in [0.2, 0.25) is 11.7 Å². The van der Waals surface area contributed by atoms with Crippen molar-refractivity contribution in [2.24, 2.45) is 11.8 Å². The van der Waals surface area contributed by atoms with Crippen LogP contribution in [0.4, 0.5) is 0 Å². The number of carboxylic acid groups (broad SMARTS) is 1. The van der Waals surface area contributed by atoms with Crippen LogP contribution in [0.5, 0.6) is 17.2 Å². The Morgan fingerprint density at radius 3 is 1.92 bits per heavy atom. The van der Waals surface area contributed by atoms with E-state index in [9.17, 15) is 9.59 Å². The van der Waals surface area contributed by atoms with E-state index in [1.54, 1.807) is 21.3 Å². The van der Waals surface area contributed by atoms with E-state index < -0.39 is 5.97 Å². The molecule has 1 aromatic rings. The average molecular weight is 365 g/mol. The lowest BCUT2D eigenvalue weighted by molar-refractivity contribution is -0.144. The topological polar surface area (TPSA) is 94.1 Å². The van der Waals surface area contributed by atoms with E-state index in [-0.39, 0.29) is 23.8 Å². The Kier molecular flexibility index (Phi) is 6.71. The molecule has 1 fully saturated rings. The van der Waals surface area contributed by atoms with Gasteiger partial charge in [0.15, 0.2) is 11.5 Å². The van der Waals surface area contributed by atoms with Gasteiger partial charge in [-0.15, -0.1) is 0 Å². The smallest absolute Gasteiger partial charge is 0.306 e. The van der Waals surface area contributed by atoms with Crippen molar-refractivity contribution in [3.05, 3.63) is 17.7 Å². The van der Waals surface area contributed by atoms with Crippen molar-refractivity contribution in [1.29, 1.82) is 0 Å². The standard InChI is InChI=1S/C19H27NO6/c1-11(14-9-15(24-2)17(26-4)16(10-14)25-3)20-18(21)12-5-7-13(8-6-12)19(22)23/h9-13H,5-8H2,1-4H3,(H,20,21)(H,22,23). The number of carboxylic acids is 1. The molecule has 1 unspecified atom stereocenters. The maximum absolute atomic E-state index is 12.5. The van der Waals surface area contributed by atoms with Gasteiger partial charge in [0.05, 0.1) is 33.3 Å². The molecule has 0 aliphatic heterocycles. The highest BCUT2D eigenvalue weighted by Gasteiger charge is 2.30. The van der Waals surface area contributed by atoms with Crippen LogP contribution in [0.1, 0.15) is 44.2 Å². The van der Waals surface area contributed by atoms with E-state index in [0.717, 1.165) is 5.56 Å². The highest BCUT2D eigenvalue weighted by Crippen LogP contribution is 2.39. The summed E-state index contributed by atoms with van der Waals surface area (Å²) in [6.45, 7) is 1.89. The van der Waals surface area contributed by atoms with Crippen LogP contribution in [0.25, 0.3) is 0 Å². The summed E-state index contributed by atoms with van der Waals surface area (Å²) in [7, 11) is 4.63. The number of hydrogen-bond acceptors (Lipinski definition) is 5. The normalized spacial score (nSPS) is 20.8. The molecule has 0 saturated heterocycles. The fraction of sp³-hybridized carbons (Fsp3) is 0.579. The van der Waals surface area contributed by atoms with E-state index in [1.165, 1.54) is 0 Å². The maximum Gasteiger partial charge on any atom is 0.306 e. The molecule has 7 heteroatoms. The zero-order valence-corrected chi connectivity index (χ0v) is 15.7. The van der Waals surface area contributed by atoms with Gasteiger partial charge in [0.25, 0.3) is 0 Å². The lowest BCUT2D eigenvalue weighted by atomic mass is 9.81. The summed E-state index contributed by atoms with van der Waals surface area (Å²) >= 11 is 0. The zero-order valence-electron chi connectivity index (χ0n) is 15.7. The van der Waals surface area contributed by atoms with E-state index in [0.29, 0.717) is 42.9 Å². The molecule has 0 aromatic heterocycles. The van der Waals surface area contributed by atoms with Gasteiger partial charge in [-0.3, -0.25) is 9.59 Å². The largest absolute Gasteiger partial charge is 0.493 e. The number of carbonyl (C=O) groups is 2. The lowest BCUT2D eigenvalue weighted by Gasteiger charge is -2.27.